The molecule has 1 heterocycles. The number of hydrogen-bond donors (Lipinski definition) is 1. The van der Waals surface area contributed by atoms with Crippen molar-refractivity contribution in [1.82, 2.24) is 4.98 Å². The highest BCUT2D eigenvalue weighted by Crippen LogP contribution is 2.33. The summed E-state index contributed by atoms with van der Waals surface area (Å²) < 4.78 is 1.80. The van der Waals surface area contributed by atoms with Gasteiger partial charge in [0.2, 0.25) is 0 Å². The topological polar surface area (TPSA) is 50.2 Å². The Kier molecular flexibility index (Phi) is 4.42. The maximum Gasteiger partial charge on any atom is 0.335 e. The van der Waals surface area contributed by atoms with Gasteiger partial charge in [-0.2, -0.15) is 0 Å². The van der Waals surface area contributed by atoms with Crippen molar-refractivity contribution in [2.24, 2.45) is 0 Å². The van der Waals surface area contributed by atoms with E-state index in [1.807, 2.05) is 6.07 Å². The molecule has 1 aromatic carbocycles. The second-order valence-corrected chi connectivity index (χ2v) is 6.20. The third kappa shape index (κ3) is 3.34. The number of carboxylic acids is 1. The van der Waals surface area contributed by atoms with Gasteiger partial charge in [-0.05, 0) is 62.2 Å². The van der Waals surface area contributed by atoms with Crippen LogP contribution in [0, 0.1) is 0 Å². The van der Waals surface area contributed by atoms with E-state index in [-0.39, 0.29) is 5.56 Å². The molecule has 0 saturated heterocycles. The van der Waals surface area contributed by atoms with Crippen LogP contribution in [0.25, 0.3) is 0 Å². The second-order valence-electron chi connectivity index (χ2n) is 3.37. The monoisotopic (exact) mass is 387 g/mol. The first-order valence-corrected chi connectivity index (χ1v) is 7.29. The smallest absolute Gasteiger partial charge is 0.335 e. The van der Waals surface area contributed by atoms with Crippen molar-refractivity contribution < 1.29 is 9.90 Å². The van der Waals surface area contributed by atoms with Crippen molar-refractivity contribution in [3.63, 3.8) is 0 Å². The number of nitrogens with zero attached hydrogens (tertiary/aromatic N) is 1. The van der Waals surface area contributed by atoms with Crippen molar-refractivity contribution >= 4 is 49.6 Å². The van der Waals surface area contributed by atoms with E-state index < -0.39 is 5.97 Å². The average Bonchev–Trinajstić information content (AvgIpc) is 2.33. The molecule has 0 amide bonds. The summed E-state index contributed by atoms with van der Waals surface area (Å²) in [5.74, 6) is -0.922. The first kappa shape index (κ1) is 13.6. The van der Waals surface area contributed by atoms with Gasteiger partial charge in [0, 0.05) is 15.6 Å². The molecule has 6 heteroatoms. The minimum Gasteiger partial charge on any atom is -0.478 e. The maximum absolute atomic E-state index is 10.7. The average molecular weight is 389 g/mol. The molecular weight excluding hydrogens is 382 g/mol. The molecule has 1 N–H and O–H groups in total. The molecule has 18 heavy (non-hydrogen) atoms. The van der Waals surface area contributed by atoms with Crippen LogP contribution in [0.2, 0.25) is 0 Å². The molecule has 0 radical (unpaired) electrons. The number of pyridine rings is 1. The molecule has 0 bridgehead atoms. The predicted octanol–water partition coefficient (Wildman–Crippen LogP) is 4.46. The van der Waals surface area contributed by atoms with E-state index in [0.29, 0.717) is 0 Å². The lowest BCUT2D eigenvalue weighted by atomic mass is 10.2. The molecule has 0 aliphatic rings. The standard InChI is InChI=1S/C12H7Br2NO2S/c13-8-5-10(14)11(15-6-8)18-9-3-1-7(2-4-9)12(16)17/h1-6H,(H,16,17). The summed E-state index contributed by atoms with van der Waals surface area (Å²) in [7, 11) is 0. The molecule has 1 aromatic heterocycles. The van der Waals surface area contributed by atoms with Gasteiger partial charge >= 0.3 is 5.97 Å². The number of carboxylic acid groups (broad SMARTS) is 1. The van der Waals surface area contributed by atoms with Crippen LogP contribution >= 0.6 is 43.6 Å². The van der Waals surface area contributed by atoms with Crippen molar-refractivity contribution in [2.45, 2.75) is 9.92 Å². The SMILES string of the molecule is O=C(O)c1ccc(Sc2ncc(Br)cc2Br)cc1. The highest BCUT2D eigenvalue weighted by Gasteiger charge is 2.06. The molecule has 0 unspecified atom stereocenters. The summed E-state index contributed by atoms with van der Waals surface area (Å²) in [5, 5.41) is 9.64. The third-order valence-corrected chi connectivity index (χ3v) is 4.42. The number of halogens is 2. The largest absolute Gasteiger partial charge is 0.478 e. The van der Waals surface area contributed by atoms with Crippen LogP contribution in [-0.2, 0) is 0 Å². The van der Waals surface area contributed by atoms with Gasteiger partial charge < -0.3 is 5.11 Å². The van der Waals surface area contributed by atoms with Crippen LogP contribution in [0.3, 0.4) is 0 Å². The van der Waals surface area contributed by atoms with Crippen molar-refractivity contribution in [2.75, 3.05) is 0 Å². The summed E-state index contributed by atoms with van der Waals surface area (Å²) in [5.41, 5.74) is 0.280. The molecule has 0 atom stereocenters. The molecule has 0 spiro atoms. The zero-order chi connectivity index (χ0) is 13.1. The van der Waals surface area contributed by atoms with Gasteiger partial charge in [0.25, 0.3) is 0 Å². The zero-order valence-corrected chi connectivity index (χ0v) is 12.9. The summed E-state index contributed by atoms with van der Waals surface area (Å²) in [6.07, 6.45) is 1.72. The molecule has 0 saturated carbocycles. The molecule has 3 nitrogen and oxygen atoms in total. The number of aromatic carboxylic acids is 1. The predicted molar refractivity (Wildman–Crippen MR) is 77.2 cm³/mol. The number of hydrogen-bond acceptors (Lipinski definition) is 3. The van der Waals surface area contributed by atoms with E-state index in [0.717, 1.165) is 18.9 Å². The summed E-state index contributed by atoms with van der Waals surface area (Å²) in [6.45, 7) is 0. The molecule has 0 aliphatic carbocycles. The summed E-state index contributed by atoms with van der Waals surface area (Å²) >= 11 is 8.25. The van der Waals surface area contributed by atoms with Crippen LogP contribution in [0.5, 0.6) is 0 Å². The summed E-state index contributed by atoms with van der Waals surface area (Å²) in [6, 6.07) is 8.62. The number of carbonyl (C=O) groups is 1. The fraction of sp³-hybridized carbons (Fsp3) is 0. The van der Waals surface area contributed by atoms with E-state index in [1.165, 1.54) is 11.8 Å². The Morgan fingerprint density at radius 1 is 1.22 bits per heavy atom. The Balaban J connectivity index is 2.21. The Morgan fingerprint density at radius 2 is 1.89 bits per heavy atom. The molecule has 0 fully saturated rings. The molecule has 2 aromatic rings. The van der Waals surface area contributed by atoms with Gasteiger partial charge in [0.05, 0.1) is 10.0 Å². The van der Waals surface area contributed by atoms with Crippen molar-refractivity contribution in [3.05, 3.63) is 51.0 Å². The van der Waals surface area contributed by atoms with E-state index >= 15 is 0 Å². The van der Waals surface area contributed by atoms with Gasteiger partial charge in [0.1, 0.15) is 5.03 Å². The Labute approximate surface area is 125 Å². The Bertz CT molecular complexity index is 587. The van der Waals surface area contributed by atoms with E-state index in [4.69, 9.17) is 5.11 Å². The van der Waals surface area contributed by atoms with Gasteiger partial charge in [-0.3, -0.25) is 0 Å². The number of aromatic nitrogens is 1. The highest BCUT2D eigenvalue weighted by atomic mass is 79.9. The first-order valence-electron chi connectivity index (χ1n) is 4.88. The Hall–Kier alpha value is -0.850. The Morgan fingerprint density at radius 3 is 2.44 bits per heavy atom. The molecular formula is C12H7Br2NO2S. The van der Waals surface area contributed by atoms with Crippen molar-refractivity contribution in [3.8, 4) is 0 Å². The zero-order valence-electron chi connectivity index (χ0n) is 8.93. The lowest BCUT2D eigenvalue weighted by Gasteiger charge is -2.04. The van der Waals surface area contributed by atoms with Crippen LogP contribution in [0.15, 0.2) is 55.4 Å². The van der Waals surface area contributed by atoms with E-state index in [1.54, 1.807) is 30.5 Å². The van der Waals surface area contributed by atoms with Crippen LogP contribution in [-0.4, -0.2) is 16.1 Å². The minimum atomic E-state index is -0.922. The quantitative estimate of drug-likeness (QED) is 0.843. The first-order chi connectivity index (χ1) is 8.56. The maximum atomic E-state index is 10.7. The third-order valence-electron chi connectivity index (χ3n) is 2.09. The summed E-state index contributed by atoms with van der Waals surface area (Å²) in [4.78, 5) is 16.0. The normalized spacial score (nSPS) is 10.3. The molecule has 2 rings (SSSR count). The van der Waals surface area contributed by atoms with Crippen LogP contribution < -0.4 is 0 Å². The van der Waals surface area contributed by atoms with E-state index in [2.05, 4.69) is 36.8 Å². The van der Waals surface area contributed by atoms with Gasteiger partial charge in [0.15, 0.2) is 0 Å². The second kappa shape index (κ2) is 5.86. The lowest BCUT2D eigenvalue weighted by molar-refractivity contribution is 0.0697. The van der Waals surface area contributed by atoms with Gasteiger partial charge in [-0.25, -0.2) is 9.78 Å². The fourth-order valence-electron chi connectivity index (χ4n) is 1.25. The van der Waals surface area contributed by atoms with Gasteiger partial charge in [-0.15, -0.1) is 0 Å². The fourth-order valence-corrected chi connectivity index (χ4v) is 3.24. The number of benzene rings is 1. The molecule has 92 valence electrons. The van der Waals surface area contributed by atoms with Crippen molar-refractivity contribution in [1.29, 1.82) is 0 Å². The van der Waals surface area contributed by atoms with Crippen LogP contribution in [0.4, 0.5) is 0 Å². The van der Waals surface area contributed by atoms with Crippen LogP contribution in [0.1, 0.15) is 10.4 Å². The highest BCUT2D eigenvalue weighted by molar-refractivity contribution is 9.11. The van der Waals surface area contributed by atoms with E-state index in [9.17, 15) is 4.79 Å². The lowest BCUT2D eigenvalue weighted by Crippen LogP contribution is -1.94. The van der Waals surface area contributed by atoms with Gasteiger partial charge in [-0.1, -0.05) is 11.8 Å². The minimum absolute atomic E-state index is 0.280. The number of rotatable bonds is 3. The molecule has 0 aliphatic heterocycles.